The third-order valence-corrected chi connectivity index (χ3v) is 3.42. The van der Waals surface area contributed by atoms with E-state index in [0.717, 1.165) is 6.21 Å². The third-order valence-electron chi connectivity index (χ3n) is 3.42. The van der Waals surface area contributed by atoms with Crippen molar-refractivity contribution in [3.8, 4) is 17.2 Å². The molecule has 0 aliphatic heterocycles. The number of aromatic hydroxyl groups is 1. The molecule has 0 fully saturated rings. The maximum absolute atomic E-state index is 11.9. The Hall–Kier alpha value is -3.62. The molecule has 0 heterocycles. The largest absolute Gasteiger partial charge is 0.508 e. The number of rotatable bonds is 7. The minimum atomic E-state index is -0.614. The van der Waals surface area contributed by atoms with E-state index in [1.165, 1.54) is 38.5 Å². The second-order valence-corrected chi connectivity index (χ2v) is 5.13. The van der Waals surface area contributed by atoms with Gasteiger partial charge in [-0.2, -0.15) is 5.10 Å². The Kier molecular flexibility index (Phi) is 6.10. The Labute approximate surface area is 149 Å². The van der Waals surface area contributed by atoms with E-state index in [1.807, 2.05) is 0 Å². The number of nitro groups is 1. The number of nitrogens with zero attached hydrogens (tertiary/aromatic N) is 2. The predicted octanol–water partition coefficient (Wildman–Crippen LogP) is 2.01. The molecule has 0 bridgehead atoms. The average Bonchev–Trinajstić information content (AvgIpc) is 2.60. The van der Waals surface area contributed by atoms with E-state index in [1.54, 1.807) is 12.1 Å². The SMILES string of the molecule is COc1ccc(OC)c([N+](=O)[O-])c1C=NNC(=O)Cc1cccc(O)c1. The molecule has 0 spiro atoms. The number of hydrazone groups is 1. The number of phenolic OH excluding ortho intramolecular Hbond substituents is 1. The van der Waals surface area contributed by atoms with Crippen molar-refractivity contribution in [1.82, 2.24) is 5.43 Å². The van der Waals surface area contributed by atoms with E-state index < -0.39 is 10.8 Å². The molecule has 26 heavy (non-hydrogen) atoms. The van der Waals surface area contributed by atoms with Crippen LogP contribution in [0.3, 0.4) is 0 Å². The van der Waals surface area contributed by atoms with Gasteiger partial charge < -0.3 is 14.6 Å². The first-order chi connectivity index (χ1) is 12.5. The molecule has 0 aliphatic rings. The lowest BCUT2D eigenvalue weighted by Gasteiger charge is -2.08. The van der Waals surface area contributed by atoms with Crippen LogP contribution >= 0.6 is 0 Å². The number of phenols is 1. The molecule has 2 N–H and O–H groups in total. The first-order valence-corrected chi connectivity index (χ1v) is 7.45. The van der Waals surface area contributed by atoms with Crippen molar-refractivity contribution in [2.24, 2.45) is 5.10 Å². The Morgan fingerprint density at radius 3 is 2.58 bits per heavy atom. The van der Waals surface area contributed by atoms with E-state index in [2.05, 4.69) is 10.5 Å². The zero-order valence-corrected chi connectivity index (χ0v) is 14.1. The van der Waals surface area contributed by atoms with E-state index in [9.17, 15) is 20.0 Å². The highest BCUT2D eigenvalue weighted by atomic mass is 16.6. The summed E-state index contributed by atoms with van der Waals surface area (Å²) in [4.78, 5) is 22.6. The van der Waals surface area contributed by atoms with E-state index in [0.29, 0.717) is 5.56 Å². The number of carbonyl (C=O) groups is 1. The summed E-state index contributed by atoms with van der Waals surface area (Å²) in [5.74, 6) is -0.140. The molecule has 0 aromatic heterocycles. The number of methoxy groups -OCH3 is 2. The summed E-state index contributed by atoms with van der Waals surface area (Å²) in [7, 11) is 2.68. The second-order valence-electron chi connectivity index (χ2n) is 5.13. The van der Waals surface area contributed by atoms with Crippen molar-refractivity contribution in [3.63, 3.8) is 0 Å². The molecule has 0 aliphatic carbocycles. The molecule has 9 heteroatoms. The molecule has 2 rings (SSSR count). The lowest BCUT2D eigenvalue weighted by atomic mass is 10.1. The minimum Gasteiger partial charge on any atom is -0.508 e. The standard InChI is InChI=1S/C17H17N3O6/c1-25-14-6-7-15(26-2)17(20(23)24)13(14)10-18-19-16(22)9-11-4-3-5-12(21)8-11/h3-8,10,21H,9H2,1-2H3,(H,19,22). The van der Waals surface area contributed by atoms with Gasteiger partial charge >= 0.3 is 5.69 Å². The lowest BCUT2D eigenvalue weighted by molar-refractivity contribution is -0.385. The van der Waals surface area contributed by atoms with Gasteiger partial charge in [-0.3, -0.25) is 14.9 Å². The van der Waals surface area contributed by atoms with Gasteiger partial charge in [0.05, 0.1) is 31.8 Å². The van der Waals surface area contributed by atoms with Crippen LogP contribution in [0.2, 0.25) is 0 Å². The van der Waals surface area contributed by atoms with E-state index >= 15 is 0 Å². The quantitative estimate of drug-likeness (QED) is 0.443. The monoisotopic (exact) mass is 359 g/mol. The van der Waals surface area contributed by atoms with E-state index in [-0.39, 0.29) is 34.9 Å². The highest BCUT2D eigenvalue weighted by Gasteiger charge is 2.23. The van der Waals surface area contributed by atoms with Gasteiger partial charge in [-0.1, -0.05) is 12.1 Å². The van der Waals surface area contributed by atoms with Crippen LogP contribution in [-0.4, -0.2) is 36.4 Å². The maximum atomic E-state index is 11.9. The smallest absolute Gasteiger partial charge is 0.323 e. The Balaban J connectivity index is 2.19. The number of hydrogen-bond acceptors (Lipinski definition) is 7. The normalized spacial score (nSPS) is 10.5. The van der Waals surface area contributed by atoms with Crippen molar-refractivity contribution in [2.75, 3.05) is 14.2 Å². The fraction of sp³-hybridized carbons (Fsp3) is 0.176. The van der Waals surface area contributed by atoms with Gasteiger partial charge in [0.15, 0.2) is 5.75 Å². The van der Waals surface area contributed by atoms with Gasteiger partial charge in [0.1, 0.15) is 17.1 Å². The number of nitro benzene ring substituents is 1. The van der Waals surface area contributed by atoms with Crippen LogP contribution in [0, 0.1) is 10.1 Å². The van der Waals surface area contributed by atoms with Crippen molar-refractivity contribution in [1.29, 1.82) is 0 Å². The van der Waals surface area contributed by atoms with Crippen LogP contribution < -0.4 is 14.9 Å². The Morgan fingerprint density at radius 1 is 1.27 bits per heavy atom. The molecular formula is C17H17N3O6. The number of hydrogen-bond donors (Lipinski definition) is 2. The van der Waals surface area contributed by atoms with Crippen molar-refractivity contribution >= 4 is 17.8 Å². The molecule has 0 unspecified atom stereocenters. The van der Waals surface area contributed by atoms with Crippen LogP contribution in [-0.2, 0) is 11.2 Å². The number of carbonyl (C=O) groups excluding carboxylic acids is 1. The van der Waals surface area contributed by atoms with Gasteiger partial charge in [0.2, 0.25) is 5.91 Å². The highest BCUT2D eigenvalue weighted by molar-refractivity contribution is 5.92. The molecular weight excluding hydrogens is 342 g/mol. The van der Waals surface area contributed by atoms with Crippen LogP contribution in [0.15, 0.2) is 41.5 Å². The summed E-state index contributed by atoms with van der Waals surface area (Å²) < 4.78 is 10.1. The van der Waals surface area contributed by atoms with Gasteiger partial charge in [-0.25, -0.2) is 5.43 Å². The summed E-state index contributed by atoms with van der Waals surface area (Å²) in [6, 6.07) is 9.16. The van der Waals surface area contributed by atoms with Gasteiger partial charge in [-0.05, 0) is 29.8 Å². The van der Waals surface area contributed by atoms with Gasteiger partial charge in [-0.15, -0.1) is 0 Å². The predicted molar refractivity (Wildman–Crippen MR) is 93.7 cm³/mol. The summed E-state index contributed by atoms with van der Waals surface area (Å²) in [5, 5.41) is 24.5. The van der Waals surface area contributed by atoms with Gasteiger partial charge in [0.25, 0.3) is 0 Å². The minimum absolute atomic E-state index is 0.0108. The van der Waals surface area contributed by atoms with Crippen molar-refractivity contribution in [3.05, 3.63) is 57.6 Å². The average molecular weight is 359 g/mol. The summed E-state index contributed by atoms with van der Waals surface area (Å²) in [6.45, 7) is 0. The number of nitrogens with one attached hydrogen (secondary N) is 1. The Bertz CT molecular complexity index is 850. The summed E-state index contributed by atoms with van der Waals surface area (Å²) in [5.41, 5.74) is 2.63. The molecule has 2 aromatic carbocycles. The topological polar surface area (TPSA) is 123 Å². The third kappa shape index (κ3) is 4.47. The summed E-state index contributed by atoms with van der Waals surface area (Å²) in [6.07, 6.45) is 1.11. The van der Waals surface area contributed by atoms with Crippen molar-refractivity contribution in [2.45, 2.75) is 6.42 Å². The van der Waals surface area contributed by atoms with Crippen LogP contribution in [0.1, 0.15) is 11.1 Å². The fourth-order valence-electron chi connectivity index (χ4n) is 2.29. The van der Waals surface area contributed by atoms with Crippen LogP contribution in [0.4, 0.5) is 5.69 Å². The lowest BCUT2D eigenvalue weighted by Crippen LogP contribution is -2.19. The molecule has 136 valence electrons. The number of ether oxygens (including phenoxy) is 2. The Morgan fingerprint density at radius 2 is 1.96 bits per heavy atom. The molecule has 1 amide bonds. The highest BCUT2D eigenvalue weighted by Crippen LogP contribution is 2.35. The van der Waals surface area contributed by atoms with Gasteiger partial charge in [0, 0.05) is 0 Å². The van der Waals surface area contributed by atoms with Crippen LogP contribution in [0.5, 0.6) is 17.2 Å². The van der Waals surface area contributed by atoms with Crippen LogP contribution in [0.25, 0.3) is 0 Å². The number of amides is 1. The summed E-state index contributed by atoms with van der Waals surface area (Å²) >= 11 is 0. The fourth-order valence-corrected chi connectivity index (χ4v) is 2.29. The molecule has 9 nitrogen and oxygen atoms in total. The molecule has 0 saturated heterocycles. The molecule has 2 aromatic rings. The van der Waals surface area contributed by atoms with Crippen molar-refractivity contribution < 1.29 is 24.3 Å². The van der Waals surface area contributed by atoms with E-state index in [4.69, 9.17) is 9.47 Å². The zero-order valence-electron chi connectivity index (χ0n) is 14.1. The number of benzene rings is 2. The second kappa shape index (κ2) is 8.47. The zero-order chi connectivity index (χ0) is 19.1. The first-order valence-electron chi connectivity index (χ1n) is 7.45. The first kappa shape index (κ1) is 18.7. The maximum Gasteiger partial charge on any atom is 0.323 e. The molecule has 0 atom stereocenters. The molecule has 0 saturated carbocycles. The molecule has 0 radical (unpaired) electrons.